The lowest BCUT2D eigenvalue weighted by Gasteiger charge is -2.05. The van der Waals surface area contributed by atoms with Crippen molar-refractivity contribution < 1.29 is 9.53 Å². The monoisotopic (exact) mass is 231 g/mol. The number of fused-ring (bicyclic) bond motifs is 1. The van der Waals surface area contributed by atoms with Gasteiger partial charge >= 0.3 is 0 Å². The van der Waals surface area contributed by atoms with Gasteiger partial charge in [-0.3, -0.25) is 4.79 Å². The molecule has 1 aromatic carbocycles. The minimum atomic E-state index is -0.114. The second kappa shape index (κ2) is 5.30. The maximum absolute atomic E-state index is 11.1. The highest BCUT2D eigenvalue weighted by Gasteiger charge is 1.98. The summed E-state index contributed by atoms with van der Waals surface area (Å²) in [4.78, 5) is 24.0. The highest BCUT2D eigenvalue weighted by atomic mass is 16.5. The largest absolute Gasteiger partial charge is 0.494 e. The van der Waals surface area contributed by atoms with E-state index in [-0.39, 0.29) is 5.56 Å². The second-order valence-corrected chi connectivity index (χ2v) is 3.73. The molecule has 1 heterocycles. The first-order chi connectivity index (χ1) is 8.29. The summed E-state index contributed by atoms with van der Waals surface area (Å²) in [5.41, 5.74) is 0.676. The zero-order chi connectivity index (χ0) is 12.1. The topological polar surface area (TPSA) is 59.2 Å². The molecule has 0 amide bonds. The summed E-state index contributed by atoms with van der Waals surface area (Å²) < 4.78 is 5.50. The summed E-state index contributed by atoms with van der Waals surface area (Å²) >= 11 is 0. The number of rotatable bonds is 5. The molecule has 88 valence electrons. The quantitative estimate of drug-likeness (QED) is 0.631. The van der Waals surface area contributed by atoms with E-state index < -0.39 is 0 Å². The maximum Gasteiger partial charge on any atom is 0.248 e. The van der Waals surface area contributed by atoms with E-state index in [1.807, 2.05) is 12.1 Å². The SMILES string of the molecule is O=CCCCOc1ccc2[nH]c(=O)ccc2c1. The molecule has 0 bridgehead atoms. The van der Waals surface area contributed by atoms with Crippen molar-refractivity contribution in [3.8, 4) is 5.75 Å². The molecule has 17 heavy (non-hydrogen) atoms. The van der Waals surface area contributed by atoms with Gasteiger partial charge in [0.15, 0.2) is 0 Å². The Kier molecular flexibility index (Phi) is 3.55. The van der Waals surface area contributed by atoms with E-state index >= 15 is 0 Å². The van der Waals surface area contributed by atoms with Crippen molar-refractivity contribution in [1.29, 1.82) is 0 Å². The molecule has 1 aromatic heterocycles. The van der Waals surface area contributed by atoms with Crippen molar-refractivity contribution in [2.75, 3.05) is 6.61 Å². The summed E-state index contributed by atoms with van der Waals surface area (Å²) in [5, 5.41) is 0.928. The standard InChI is InChI=1S/C13H13NO3/c15-7-1-2-8-17-11-4-5-12-10(9-11)3-6-13(16)14-12/h3-7,9H,1-2,8H2,(H,14,16). The Labute approximate surface area is 98.2 Å². The number of pyridine rings is 1. The van der Waals surface area contributed by atoms with Gasteiger partial charge in [-0.05, 0) is 30.7 Å². The van der Waals surface area contributed by atoms with E-state index in [4.69, 9.17) is 4.74 Å². The van der Waals surface area contributed by atoms with Crippen LogP contribution in [0.5, 0.6) is 5.75 Å². The lowest BCUT2D eigenvalue weighted by atomic mass is 10.2. The molecule has 4 heteroatoms. The number of nitrogens with one attached hydrogen (secondary N) is 1. The maximum atomic E-state index is 11.1. The number of hydrogen-bond donors (Lipinski definition) is 1. The Hall–Kier alpha value is -2.10. The number of carbonyl (C=O) groups is 1. The predicted octanol–water partition coefficient (Wildman–Crippen LogP) is 1.89. The van der Waals surface area contributed by atoms with Gasteiger partial charge in [0.25, 0.3) is 0 Å². The molecule has 0 aliphatic carbocycles. The third-order valence-corrected chi connectivity index (χ3v) is 2.43. The van der Waals surface area contributed by atoms with Gasteiger partial charge in [0, 0.05) is 23.4 Å². The third-order valence-electron chi connectivity index (χ3n) is 2.43. The number of hydrogen-bond acceptors (Lipinski definition) is 3. The van der Waals surface area contributed by atoms with Crippen LogP contribution in [0, 0.1) is 0 Å². The van der Waals surface area contributed by atoms with E-state index in [0.717, 1.165) is 22.9 Å². The average Bonchev–Trinajstić information content (AvgIpc) is 2.35. The average molecular weight is 231 g/mol. The molecule has 2 aromatic rings. The van der Waals surface area contributed by atoms with Gasteiger partial charge < -0.3 is 14.5 Å². The van der Waals surface area contributed by atoms with Gasteiger partial charge in [0.1, 0.15) is 12.0 Å². The number of benzene rings is 1. The van der Waals surface area contributed by atoms with E-state index in [1.165, 1.54) is 6.07 Å². The molecule has 0 fully saturated rings. The van der Waals surface area contributed by atoms with Gasteiger partial charge in [-0.25, -0.2) is 0 Å². The minimum absolute atomic E-state index is 0.114. The highest BCUT2D eigenvalue weighted by molar-refractivity contribution is 5.79. The number of unbranched alkanes of at least 4 members (excludes halogenated alkanes) is 1. The molecule has 2 rings (SSSR count). The molecule has 0 unspecified atom stereocenters. The summed E-state index contributed by atoms with van der Waals surface area (Å²) in [6, 6.07) is 8.72. The molecule has 0 saturated heterocycles. The number of aromatic nitrogens is 1. The zero-order valence-corrected chi connectivity index (χ0v) is 9.31. The molecule has 0 radical (unpaired) electrons. The van der Waals surface area contributed by atoms with Crippen molar-refractivity contribution in [3.63, 3.8) is 0 Å². The van der Waals surface area contributed by atoms with Crippen LogP contribution in [0.25, 0.3) is 10.9 Å². The first-order valence-corrected chi connectivity index (χ1v) is 5.49. The van der Waals surface area contributed by atoms with E-state index in [1.54, 1.807) is 12.1 Å². The van der Waals surface area contributed by atoms with Crippen LogP contribution in [0.3, 0.4) is 0 Å². The van der Waals surface area contributed by atoms with Crippen molar-refractivity contribution in [2.45, 2.75) is 12.8 Å². The summed E-state index contributed by atoms with van der Waals surface area (Å²) in [5.74, 6) is 0.746. The fraction of sp³-hybridized carbons (Fsp3) is 0.231. The van der Waals surface area contributed by atoms with Crippen LogP contribution in [0.2, 0.25) is 0 Å². The Morgan fingerprint density at radius 2 is 2.12 bits per heavy atom. The molecule has 0 aliphatic rings. The fourth-order valence-electron chi connectivity index (χ4n) is 1.58. The van der Waals surface area contributed by atoms with E-state index in [0.29, 0.717) is 19.4 Å². The Bertz CT molecular complexity index is 574. The van der Waals surface area contributed by atoms with Crippen LogP contribution in [0.4, 0.5) is 0 Å². The van der Waals surface area contributed by atoms with Crippen molar-refractivity contribution >= 4 is 17.2 Å². The lowest BCUT2D eigenvalue weighted by molar-refractivity contribution is -0.108. The van der Waals surface area contributed by atoms with Crippen molar-refractivity contribution in [2.24, 2.45) is 0 Å². The Morgan fingerprint density at radius 1 is 1.24 bits per heavy atom. The lowest BCUT2D eigenvalue weighted by Crippen LogP contribution is -2.02. The van der Waals surface area contributed by atoms with Crippen molar-refractivity contribution in [3.05, 3.63) is 40.7 Å². The van der Waals surface area contributed by atoms with Gasteiger partial charge in [0.2, 0.25) is 5.56 Å². The predicted molar refractivity (Wildman–Crippen MR) is 65.4 cm³/mol. The molecule has 4 nitrogen and oxygen atoms in total. The molecule has 1 N–H and O–H groups in total. The fourth-order valence-corrected chi connectivity index (χ4v) is 1.58. The summed E-state index contributed by atoms with van der Waals surface area (Å²) in [7, 11) is 0. The summed E-state index contributed by atoms with van der Waals surface area (Å²) in [6.07, 6.45) is 2.11. The first kappa shape index (κ1) is 11.4. The molecule has 0 atom stereocenters. The molecule has 0 spiro atoms. The first-order valence-electron chi connectivity index (χ1n) is 5.49. The number of aldehydes is 1. The molecule has 0 aliphatic heterocycles. The van der Waals surface area contributed by atoms with Crippen molar-refractivity contribution in [1.82, 2.24) is 4.98 Å². The normalized spacial score (nSPS) is 10.4. The smallest absolute Gasteiger partial charge is 0.248 e. The van der Waals surface area contributed by atoms with E-state index in [9.17, 15) is 9.59 Å². The number of ether oxygens (including phenoxy) is 1. The van der Waals surface area contributed by atoms with E-state index in [2.05, 4.69) is 4.98 Å². The summed E-state index contributed by atoms with van der Waals surface area (Å²) in [6.45, 7) is 0.521. The number of H-pyrrole nitrogens is 1. The molecular formula is C13H13NO3. The van der Waals surface area contributed by atoms with Crippen LogP contribution < -0.4 is 10.3 Å². The van der Waals surface area contributed by atoms with Gasteiger partial charge in [-0.1, -0.05) is 0 Å². The number of carbonyl (C=O) groups excluding carboxylic acids is 1. The van der Waals surface area contributed by atoms with Crippen LogP contribution in [0.1, 0.15) is 12.8 Å². The second-order valence-electron chi connectivity index (χ2n) is 3.73. The zero-order valence-electron chi connectivity index (χ0n) is 9.31. The van der Waals surface area contributed by atoms with Gasteiger partial charge in [-0.15, -0.1) is 0 Å². The Morgan fingerprint density at radius 3 is 2.94 bits per heavy atom. The van der Waals surface area contributed by atoms with Crippen LogP contribution >= 0.6 is 0 Å². The molecule has 0 saturated carbocycles. The Balaban J connectivity index is 2.12. The highest BCUT2D eigenvalue weighted by Crippen LogP contribution is 2.18. The van der Waals surface area contributed by atoms with Crippen LogP contribution in [-0.4, -0.2) is 17.9 Å². The van der Waals surface area contributed by atoms with Gasteiger partial charge in [0.05, 0.1) is 6.61 Å². The van der Waals surface area contributed by atoms with Crippen LogP contribution in [-0.2, 0) is 4.79 Å². The third kappa shape index (κ3) is 2.93. The number of aromatic amines is 1. The van der Waals surface area contributed by atoms with Gasteiger partial charge in [-0.2, -0.15) is 0 Å². The minimum Gasteiger partial charge on any atom is -0.494 e. The molecular weight excluding hydrogens is 218 g/mol. The van der Waals surface area contributed by atoms with Crippen LogP contribution in [0.15, 0.2) is 35.1 Å².